The molecule has 0 bridgehead atoms. The molecule has 6 heteroatoms. The van der Waals surface area contributed by atoms with Crippen molar-refractivity contribution in [2.24, 2.45) is 0 Å². The van der Waals surface area contributed by atoms with E-state index in [1.165, 1.54) is 18.7 Å². The van der Waals surface area contributed by atoms with Gasteiger partial charge >= 0.3 is 0 Å². The summed E-state index contributed by atoms with van der Waals surface area (Å²) >= 11 is 0. The highest BCUT2D eigenvalue weighted by molar-refractivity contribution is 5.93. The number of hydrogen-bond donors (Lipinski definition) is 1. The molecule has 0 aliphatic heterocycles. The first kappa shape index (κ1) is 13.5. The standard InChI is InChI=1S/C11H17N3O3/c1-2-14(3-5-17-6-4-15)11(16)10-7-12-9-13-8-10/h7-9,15H,2-6H2,1H3. The Morgan fingerprint density at radius 3 is 2.71 bits per heavy atom. The third-order valence-electron chi connectivity index (χ3n) is 2.22. The van der Waals surface area contributed by atoms with Gasteiger partial charge in [0.2, 0.25) is 0 Å². The molecule has 1 N–H and O–H groups in total. The molecule has 0 saturated carbocycles. The minimum Gasteiger partial charge on any atom is -0.394 e. The van der Waals surface area contributed by atoms with Gasteiger partial charge in [0.05, 0.1) is 25.4 Å². The van der Waals surface area contributed by atoms with Gasteiger partial charge in [-0.1, -0.05) is 0 Å². The van der Waals surface area contributed by atoms with E-state index in [0.29, 0.717) is 31.9 Å². The lowest BCUT2D eigenvalue weighted by molar-refractivity contribution is 0.0578. The van der Waals surface area contributed by atoms with Crippen molar-refractivity contribution >= 4 is 5.91 Å². The van der Waals surface area contributed by atoms with Gasteiger partial charge < -0.3 is 14.7 Å². The third kappa shape index (κ3) is 4.46. The molecule has 17 heavy (non-hydrogen) atoms. The number of aliphatic hydroxyl groups is 1. The Bertz CT molecular complexity index is 332. The van der Waals surface area contributed by atoms with Crippen LogP contribution in [0.3, 0.4) is 0 Å². The molecule has 1 amide bonds. The molecular weight excluding hydrogens is 222 g/mol. The van der Waals surface area contributed by atoms with Crippen molar-refractivity contribution < 1.29 is 14.6 Å². The van der Waals surface area contributed by atoms with Gasteiger partial charge in [-0.25, -0.2) is 9.97 Å². The predicted octanol–water partition coefficient (Wildman–Crippen LogP) is -0.0524. The average molecular weight is 239 g/mol. The molecule has 0 saturated heterocycles. The van der Waals surface area contributed by atoms with Crippen molar-refractivity contribution in [3.8, 4) is 0 Å². The normalized spacial score (nSPS) is 10.2. The summed E-state index contributed by atoms with van der Waals surface area (Å²) in [5.74, 6) is -0.110. The van der Waals surface area contributed by atoms with Gasteiger partial charge in [0.1, 0.15) is 6.33 Å². The van der Waals surface area contributed by atoms with E-state index in [-0.39, 0.29) is 12.5 Å². The van der Waals surface area contributed by atoms with Gasteiger partial charge in [-0.15, -0.1) is 0 Å². The van der Waals surface area contributed by atoms with Crippen LogP contribution < -0.4 is 0 Å². The van der Waals surface area contributed by atoms with Gasteiger partial charge in [-0.05, 0) is 6.92 Å². The van der Waals surface area contributed by atoms with Crippen LogP contribution in [0.1, 0.15) is 17.3 Å². The number of carbonyl (C=O) groups is 1. The van der Waals surface area contributed by atoms with Crippen LogP contribution in [0, 0.1) is 0 Å². The summed E-state index contributed by atoms with van der Waals surface area (Å²) in [6, 6.07) is 0. The van der Waals surface area contributed by atoms with Gasteiger partial charge in [0, 0.05) is 25.5 Å². The second-order valence-electron chi connectivity index (χ2n) is 3.35. The summed E-state index contributed by atoms with van der Waals surface area (Å²) < 4.78 is 5.13. The molecule has 1 heterocycles. The second-order valence-corrected chi connectivity index (χ2v) is 3.35. The predicted molar refractivity (Wildman–Crippen MR) is 61.5 cm³/mol. The molecule has 0 aliphatic carbocycles. The van der Waals surface area contributed by atoms with Gasteiger partial charge in [0.15, 0.2) is 0 Å². The number of ether oxygens (including phenoxy) is 1. The fourth-order valence-electron chi connectivity index (χ4n) is 1.34. The van der Waals surface area contributed by atoms with E-state index in [1.807, 2.05) is 6.92 Å². The number of rotatable bonds is 7. The second kappa shape index (κ2) is 7.70. The van der Waals surface area contributed by atoms with Crippen LogP contribution in [0.2, 0.25) is 0 Å². The lowest BCUT2D eigenvalue weighted by Crippen LogP contribution is -2.34. The highest BCUT2D eigenvalue weighted by Crippen LogP contribution is 2.01. The minimum atomic E-state index is -0.110. The number of carbonyl (C=O) groups excluding carboxylic acids is 1. The number of nitrogens with zero attached hydrogens (tertiary/aromatic N) is 3. The largest absolute Gasteiger partial charge is 0.394 e. The van der Waals surface area contributed by atoms with Crippen molar-refractivity contribution in [3.63, 3.8) is 0 Å². The number of aromatic nitrogens is 2. The zero-order valence-electron chi connectivity index (χ0n) is 9.87. The van der Waals surface area contributed by atoms with Gasteiger partial charge in [-0.2, -0.15) is 0 Å². The van der Waals surface area contributed by atoms with Gasteiger partial charge in [0.25, 0.3) is 5.91 Å². The summed E-state index contributed by atoms with van der Waals surface area (Å²) in [5.41, 5.74) is 0.469. The quantitative estimate of drug-likeness (QED) is 0.675. The highest BCUT2D eigenvalue weighted by Gasteiger charge is 2.13. The fourth-order valence-corrected chi connectivity index (χ4v) is 1.34. The smallest absolute Gasteiger partial charge is 0.257 e. The number of hydrogen-bond acceptors (Lipinski definition) is 5. The first-order chi connectivity index (χ1) is 8.29. The van der Waals surface area contributed by atoms with E-state index in [2.05, 4.69) is 9.97 Å². The lowest BCUT2D eigenvalue weighted by Gasteiger charge is -2.20. The molecule has 0 fully saturated rings. The van der Waals surface area contributed by atoms with Crippen molar-refractivity contribution in [2.75, 3.05) is 32.9 Å². The summed E-state index contributed by atoms with van der Waals surface area (Å²) in [4.78, 5) is 21.2. The summed E-state index contributed by atoms with van der Waals surface area (Å²) in [7, 11) is 0. The van der Waals surface area contributed by atoms with E-state index in [4.69, 9.17) is 9.84 Å². The van der Waals surface area contributed by atoms with E-state index < -0.39 is 0 Å². The fraction of sp³-hybridized carbons (Fsp3) is 0.545. The number of amides is 1. The van der Waals surface area contributed by atoms with Crippen LogP contribution in [0.15, 0.2) is 18.7 Å². The average Bonchev–Trinajstić information content (AvgIpc) is 2.39. The van der Waals surface area contributed by atoms with E-state index >= 15 is 0 Å². The Morgan fingerprint density at radius 2 is 2.12 bits per heavy atom. The maximum atomic E-state index is 12.0. The molecular formula is C11H17N3O3. The van der Waals surface area contributed by atoms with Crippen LogP contribution >= 0.6 is 0 Å². The molecule has 0 aliphatic rings. The summed E-state index contributed by atoms with van der Waals surface area (Å²) in [6.45, 7) is 3.68. The number of likely N-dealkylation sites (N-methyl/N-ethyl adjacent to an activating group) is 1. The summed E-state index contributed by atoms with van der Waals surface area (Å²) in [6.07, 6.45) is 4.37. The Labute approximate surface area is 100 Å². The van der Waals surface area contributed by atoms with Crippen molar-refractivity contribution in [1.82, 2.24) is 14.9 Å². The monoisotopic (exact) mass is 239 g/mol. The maximum Gasteiger partial charge on any atom is 0.257 e. The van der Waals surface area contributed by atoms with Crippen molar-refractivity contribution in [3.05, 3.63) is 24.3 Å². The van der Waals surface area contributed by atoms with Crippen LogP contribution in [0.4, 0.5) is 0 Å². The van der Waals surface area contributed by atoms with E-state index in [1.54, 1.807) is 4.90 Å². The molecule has 94 valence electrons. The topological polar surface area (TPSA) is 75.6 Å². The van der Waals surface area contributed by atoms with E-state index in [9.17, 15) is 4.79 Å². The molecule has 1 aromatic heterocycles. The van der Waals surface area contributed by atoms with Crippen LogP contribution in [-0.4, -0.2) is 58.8 Å². The Hall–Kier alpha value is -1.53. The minimum absolute atomic E-state index is 0.00734. The first-order valence-corrected chi connectivity index (χ1v) is 5.52. The zero-order valence-corrected chi connectivity index (χ0v) is 9.87. The molecule has 6 nitrogen and oxygen atoms in total. The molecule has 0 spiro atoms. The van der Waals surface area contributed by atoms with Gasteiger partial charge in [-0.3, -0.25) is 4.79 Å². The van der Waals surface area contributed by atoms with Crippen LogP contribution in [-0.2, 0) is 4.74 Å². The summed E-state index contributed by atoms with van der Waals surface area (Å²) in [5, 5.41) is 8.55. The zero-order chi connectivity index (χ0) is 12.5. The van der Waals surface area contributed by atoms with Crippen molar-refractivity contribution in [2.45, 2.75) is 6.92 Å². The molecule has 0 atom stereocenters. The molecule has 0 unspecified atom stereocenters. The Morgan fingerprint density at radius 1 is 1.41 bits per heavy atom. The lowest BCUT2D eigenvalue weighted by atomic mass is 10.3. The third-order valence-corrected chi connectivity index (χ3v) is 2.22. The molecule has 1 rings (SSSR count). The van der Waals surface area contributed by atoms with Crippen molar-refractivity contribution in [1.29, 1.82) is 0 Å². The SMILES string of the molecule is CCN(CCOCCO)C(=O)c1cncnc1. The van der Waals surface area contributed by atoms with Crippen LogP contribution in [0.5, 0.6) is 0 Å². The Balaban J connectivity index is 2.47. The van der Waals surface area contributed by atoms with Crippen LogP contribution in [0.25, 0.3) is 0 Å². The molecule has 0 radical (unpaired) electrons. The highest BCUT2D eigenvalue weighted by atomic mass is 16.5. The molecule has 1 aromatic rings. The number of aliphatic hydroxyl groups excluding tert-OH is 1. The molecule has 0 aromatic carbocycles. The Kier molecular flexibility index (Phi) is 6.13. The maximum absolute atomic E-state index is 12.0. The van der Waals surface area contributed by atoms with E-state index in [0.717, 1.165) is 0 Å². The first-order valence-electron chi connectivity index (χ1n) is 5.52.